The van der Waals surface area contributed by atoms with Crippen molar-refractivity contribution in [3.63, 3.8) is 0 Å². The summed E-state index contributed by atoms with van der Waals surface area (Å²) in [5.74, 6) is -2.20. The maximum atomic E-state index is 13.4. The molecule has 0 radical (unpaired) electrons. The van der Waals surface area contributed by atoms with E-state index in [1.807, 2.05) is 27.7 Å². The van der Waals surface area contributed by atoms with E-state index in [0.29, 0.717) is 11.4 Å². The first kappa shape index (κ1) is 34.1. The summed E-state index contributed by atoms with van der Waals surface area (Å²) >= 11 is 0. The smallest absolute Gasteiger partial charge is 0.237 e. The van der Waals surface area contributed by atoms with Gasteiger partial charge in [0, 0.05) is 59.6 Å². The van der Waals surface area contributed by atoms with Crippen molar-refractivity contribution in [2.24, 2.45) is 23.3 Å². The van der Waals surface area contributed by atoms with Gasteiger partial charge in [-0.2, -0.15) is 0 Å². The minimum atomic E-state index is -0.657. The van der Waals surface area contributed by atoms with Gasteiger partial charge >= 0.3 is 0 Å². The van der Waals surface area contributed by atoms with E-state index in [0.717, 1.165) is 12.8 Å². The van der Waals surface area contributed by atoms with Gasteiger partial charge < -0.3 is 32.7 Å². The highest BCUT2D eigenvalue weighted by atomic mass is 16.2. The van der Waals surface area contributed by atoms with Crippen LogP contribution in [0.15, 0.2) is 36.4 Å². The van der Waals surface area contributed by atoms with Crippen LogP contribution >= 0.6 is 0 Å². The molecule has 44 heavy (non-hydrogen) atoms. The number of benzene rings is 2. The number of fused-ring (bicyclic) bond motifs is 2. The summed E-state index contributed by atoms with van der Waals surface area (Å²) in [5.41, 5.74) is 13.1. The molecule has 0 heterocycles. The van der Waals surface area contributed by atoms with E-state index in [2.05, 4.69) is 21.3 Å². The third-order valence-corrected chi connectivity index (χ3v) is 8.01. The van der Waals surface area contributed by atoms with Gasteiger partial charge in [0.2, 0.25) is 23.6 Å². The molecule has 0 bridgehead atoms. The summed E-state index contributed by atoms with van der Waals surface area (Å²) in [6, 6.07) is 7.60. The second-order valence-electron chi connectivity index (χ2n) is 11.2. The third-order valence-electron chi connectivity index (χ3n) is 8.01. The number of hydrogen-bond donors (Lipinski definition) is 6. The minimum Gasteiger partial charge on any atom is -0.354 e. The summed E-state index contributed by atoms with van der Waals surface area (Å²) in [4.78, 5) is 75.8. The number of carbonyl (C=O) groups is 6. The lowest BCUT2D eigenvalue weighted by Crippen LogP contribution is -2.45. The predicted molar refractivity (Wildman–Crippen MR) is 167 cm³/mol. The molecule has 12 heteroatoms. The Morgan fingerprint density at radius 3 is 1.36 bits per heavy atom. The number of hydrogen-bond acceptors (Lipinski definition) is 8. The van der Waals surface area contributed by atoms with E-state index in [1.165, 1.54) is 36.4 Å². The molecule has 0 aromatic heterocycles. The summed E-state index contributed by atoms with van der Waals surface area (Å²) in [6.45, 7) is 7.83. The van der Waals surface area contributed by atoms with Crippen molar-refractivity contribution >= 4 is 46.6 Å². The highest BCUT2D eigenvalue weighted by molar-refractivity contribution is 6.29. The highest BCUT2D eigenvalue weighted by Crippen LogP contribution is 2.31. The molecule has 4 amide bonds. The molecule has 236 valence electrons. The molecule has 8 N–H and O–H groups in total. The number of anilines is 2. The SMILES string of the molecule is CC[C@H](C)[C@H](N)C(=O)NCCC(=O)Nc1ccc2c(c1)C(=O)c1cc(NC(=O)CCNC(=O)[C@@H](N)[C@@H](C)CC)ccc1C2=O. The van der Waals surface area contributed by atoms with E-state index in [4.69, 9.17) is 11.5 Å². The molecular formula is C32H42N6O6. The fourth-order valence-electron chi connectivity index (χ4n) is 4.61. The van der Waals surface area contributed by atoms with Gasteiger partial charge in [0.1, 0.15) is 0 Å². The Bertz CT molecular complexity index is 1340. The molecule has 0 saturated heterocycles. The molecule has 12 nitrogen and oxygen atoms in total. The Labute approximate surface area is 257 Å². The van der Waals surface area contributed by atoms with Crippen LogP contribution < -0.4 is 32.7 Å². The molecular weight excluding hydrogens is 564 g/mol. The largest absolute Gasteiger partial charge is 0.354 e. The van der Waals surface area contributed by atoms with E-state index >= 15 is 0 Å². The van der Waals surface area contributed by atoms with Crippen molar-refractivity contribution in [1.29, 1.82) is 0 Å². The Hall–Kier alpha value is -4.42. The van der Waals surface area contributed by atoms with Gasteiger partial charge in [-0.05, 0) is 48.2 Å². The molecule has 0 saturated carbocycles. The number of amides is 4. The zero-order chi connectivity index (χ0) is 32.6. The summed E-state index contributed by atoms with van der Waals surface area (Å²) in [6.07, 6.45) is 1.49. The van der Waals surface area contributed by atoms with Crippen LogP contribution in [0.3, 0.4) is 0 Å². The van der Waals surface area contributed by atoms with Crippen LogP contribution in [0.1, 0.15) is 85.2 Å². The summed E-state index contributed by atoms with van der Waals surface area (Å²) < 4.78 is 0. The second-order valence-corrected chi connectivity index (χ2v) is 11.2. The van der Waals surface area contributed by atoms with Crippen LogP contribution in [0.5, 0.6) is 0 Å². The van der Waals surface area contributed by atoms with E-state index in [1.54, 1.807) is 0 Å². The van der Waals surface area contributed by atoms with Gasteiger partial charge in [-0.1, -0.05) is 40.5 Å². The zero-order valence-electron chi connectivity index (χ0n) is 25.6. The lowest BCUT2D eigenvalue weighted by atomic mass is 9.83. The second kappa shape index (κ2) is 15.3. The van der Waals surface area contributed by atoms with Crippen LogP contribution in [0, 0.1) is 11.8 Å². The fraction of sp³-hybridized carbons (Fsp3) is 0.438. The van der Waals surface area contributed by atoms with Crippen LogP contribution in [0.25, 0.3) is 0 Å². The first-order valence-corrected chi connectivity index (χ1v) is 14.9. The van der Waals surface area contributed by atoms with Crippen LogP contribution in [0.4, 0.5) is 11.4 Å². The van der Waals surface area contributed by atoms with Crippen LogP contribution in [-0.4, -0.2) is 60.4 Å². The quantitative estimate of drug-likeness (QED) is 0.160. The number of rotatable bonds is 14. The normalized spacial score (nSPS) is 14.8. The van der Waals surface area contributed by atoms with Crippen molar-refractivity contribution < 1.29 is 28.8 Å². The molecule has 4 atom stereocenters. The standard InChI is InChI=1S/C32H42N6O6/c1-5-17(3)27(33)31(43)35-13-11-25(39)37-19-7-9-21-23(15-19)30(42)24-16-20(8-10-22(24)29(21)41)38-26(40)12-14-36-32(44)28(34)18(4)6-2/h7-10,15-18,27-28H,5-6,11-14,33-34H2,1-4H3,(H,35,43)(H,36,44)(H,37,39)(H,38,40)/t17-,18-,27-,28-/m0/s1. The Morgan fingerprint density at radius 2 is 1.00 bits per heavy atom. The number of carbonyl (C=O) groups excluding carboxylic acids is 6. The van der Waals surface area contributed by atoms with Gasteiger partial charge in [-0.15, -0.1) is 0 Å². The van der Waals surface area contributed by atoms with E-state index < -0.39 is 17.9 Å². The average molecular weight is 607 g/mol. The Kier molecular flexibility index (Phi) is 11.9. The van der Waals surface area contributed by atoms with Gasteiger partial charge in [-0.25, -0.2) is 0 Å². The monoisotopic (exact) mass is 606 g/mol. The molecule has 1 aliphatic carbocycles. The van der Waals surface area contributed by atoms with E-state index in [-0.39, 0.29) is 89.4 Å². The predicted octanol–water partition coefficient (Wildman–Crippen LogP) is 2.10. The van der Waals surface area contributed by atoms with Crippen molar-refractivity contribution in [2.45, 2.75) is 65.5 Å². The average Bonchev–Trinajstić information content (AvgIpc) is 3.01. The van der Waals surface area contributed by atoms with Gasteiger partial charge in [0.05, 0.1) is 12.1 Å². The lowest BCUT2D eigenvalue weighted by molar-refractivity contribution is -0.124. The fourth-order valence-corrected chi connectivity index (χ4v) is 4.61. The molecule has 1 aliphatic rings. The van der Waals surface area contributed by atoms with Crippen molar-refractivity contribution in [3.05, 3.63) is 58.7 Å². The third kappa shape index (κ3) is 8.35. The maximum absolute atomic E-state index is 13.4. The first-order chi connectivity index (χ1) is 20.9. The van der Waals surface area contributed by atoms with Crippen molar-refractivity contribution in [3.8, 4) is 0 Å². The summed E-state index contributed by atoms with van der Waals surface area (Å²) in [7, 11) is 0. The lowest BCUT2D eigenvalue weighted by Gasteiger charge is -2.20. The number of ketones is 2. The van der Waals surface area contributed by atoms with Crippen LogP contribution in [0.2, 0.25) is 0 Å². The van der Waals surface area contributed by atoms with E-state index in [9.17, 15) is 28.8 Å². The summed E-state index contributed by atoms with van der Waals surface area (Å²) in [5, 5.41) is 10.7. The Morgan fingerprint density at radius 1 is 0.636 bits per heavy atom. The molecule has 2 aromatic carbocycles. The molecule has 0 fully saturated rings. The van der Waals surface area contributed by atoms with Crippen molar-refractivity contribution in [1.82, 2.24) is 10.6 Å². The number of nitrogens with one attached hydrogen (secondary N) is 4. The van der Waals surface area contributed by atoms with Gasteiger partial charge in [0.25, 0.3) is 0 Å². The zero-order valence-corrected chi connectivity index (χ0v) is 25.6. The molecule has 3 rings (SSSR count). The van der Waals surface area contributed by atoms with Gasteiger partial charge in [-0.3, -0.25) is 28.8 Å². The van der Waals surface area contributed by atoms with Crippen molar-refractivity contribution in [2.75, 3.05) is 23.7 Å². The topological polar surface area (TPSA) is 203 Å². The maximum Gasteiger partial charge on any atom is 0.237 e. The molecule has 0 spiro atoms. The van der Waals surface area contributed by atoms with Gasteiger partial charge in [0.15, 0.2) is 11.6 Å². The molecule has 0 aliphatic heterocycles. The number of nitrogens with two attached hydrogens (primary N) is 2. The highest BCUT2D eigenvalue weighted by Gasteiger charge is 2.30. The molecule has 0 unspecified atom stereocenters. The minimum absolute atomic E-state index is 0.00965. The first-order valence-electron chi connectivity index (χ1n) is 14.9. The van der Waals surface area contributed by atoms with Crippen LogP contribution in [-0.2, 0) is 19.2 Å². The molecule has 2 aromatic rings. The Balaban J connectivity index is 1.60.